The first-order valence-corrected chi connectivity index (χ1v) is 3.65. The van der Waals surface area contributed by atoms with Gasteiger partial charge in [0.2, 0.25) is 0 Å². The van der Waals surface area contributed by atoms with Gasteiger partial charge in [0.15, 0.2) is 0 Å². The Hall–Kier alpha value is -0.730. The van der Waals surface area contributed by atoms with Crippen molar-refractivity contribution < 1.29 is 9.53 Å². The molecule has 0 aliphatic heterocycles. The van der Waals surface area contributed by atoms with Crippen molar-refractivity contribution in [2.24, 2.45) is 11.1 Å². The Labute approximate surface area is 67.9 Å². The zero-order valence-corrected chi connectivity index (χ0v) is 7.89. The van der Waals surface area contributed by atoms with E-state index in [1.165, 1.54) is 0 Å². The molecule has 0 saturated heterocycles. The Bertz CT molecular complexity index is 156. The van der Waals surface area contributed by atoms with Crippen LogP contribution in [-0.4, -0.2) is 11.7 Å². The molecule has 3 nitrogen and oxygen atoms in total. The van der Waals surface area contributed by atoms with E-state index in [0.29, 0.717) is 0 Å². The first-order valence-electron chi connectivity index (χ1n) is 3.65. The van der Waals surface area contributed by atoms with E-state index in [0.717, 1.165) is 0 Å². The van der Waals surface area contributed by atoms with E-state index in [9.17, 15) is 4.79 Å². The lowest BCUT2D eigenvalue weighted by molar-refractivity contribution is -0.0353. The summed E-state index contributed by atoms with van der Waals surface area (Å²) < 4.78 is 4.94. The van der Waals surface area contributed by atoms with Crippen molar-refractivity contribution in [3.05, 3.63) is 0 Å². The molecule has 0 atom stereocenters. The highest BCUT2D eigenvalue weighted by Crippen LogP contribution is 2.32. The second-order valence-corrected chi connectivity index (χ2v) is 4.18. The van der Waals surface area contributed by atoms with Gasteiger partial charge in [-0.1, -0.05) is 20.8 Å². The standard InChI is InChI=1S/C8H17NO2/c1-7(2,3)8(4,5)11-6(9)10/h1-5H3,(H2,9,10). The minimum Gasteiger partial charge on any atom is -0.443 e. The van der Waals surface area contributed by atoms with E-state index < -0.39 is 11.7 Å². The number of ether oxygens (including phenoxy) is 1. The number of carbonyl (C=O) groups excluding carboxylic acids is 1. The lowest BCUT2D eigenvalue weighted by Gasteiger charge is -2.37. The molecule has 0 aromatic rings. The summed E-state index contributed by atoms with van der Waals surface area (Å²) in [5.74, 6) is 0. The van der Waals surface area contributed by atoms with Crippen LogP contribution in [0.15, 0.2) is 0 Å². The monoisotopic (exact) mass is 159 g/mol. The zero-order chi connectivity index (χ0) is 9.28. The topological polar surface area (TPSA) is 52.3 Å². The maximum absolute atomic E-state index is 10.5. The minimum atomic E-state index is -0.718. The molecule has 0 rings (SSSR count). The number of hydrogen-bond acceptors (Lipinski definition) is 2. The van der Waals surface area contributed by atoms with E-state index in [1.54, 1.807) is 0 Å². The van der Waals surface area contributed by atoms with Crippen molar-refractivity contribution in [3.8, 4) is 0 Å². The SMILES string of the molecule is CC(C)(C)C(C)(C)OC(N)=O. The molecule has 11 heavy (non-hydrogen) atoms. The molecule has 0 aromatic heterocycles. The Kier molecular flexibility index (Phi) is 2.54. The van der Waals surface area contributed by atoms with Gasteiger partial charge in [0.05, 0.1) is 0 Å². The Morgan fingerprint density at radius 1 is 1.18 bits per heavy atom. The maximum Gasteiger partial charge on any atom is 0.405 e. The van der Waals surface area contributed by atoms with E-state index >= 15 is 0 Å². The molecular formula is C8H17NO2. The largest absolute Gasteiger partial charge is 0.443 e. The van der Waals surface area contributed by atoms with Crippen molar-refractivity contribution in [1.29, 1.82) is 0 Å². The molecule has 0 unspecified atom stereocenters. The van der Waals surface area contributed by atoms with Crippen LogP contribution in [0.25, 0.3) is 0 Å². The van der Waals surface area contributed by atoms with Crippen LogP contribution >= 0.6 is 0 Å². The summed E-state index contributed by atoms with van der Waals surface area (Å²) in [4.78, 5) is 10.5. The summed E-state index contributed by atoms with van der Waals surface area (Å²) in [6.45, 7) is 9.68. The van der Waals surface area contributed by atoms with Crippen molar-refractivity contribution in [1.82, 2.24) is 0 Å². The fourth-order valence-corrected chi connectivity index (χ4v) is 0.405. The van der Waals surface area contributed by atoms with Gasteiger partial charge < -0.3 is 10.5 Å². The Balaban J connectivity index is 4.34. The normalized spacial score (nSPS) is 12.8. The fraction of sp³-hybridized carbons (Fsp3) is 0.875. The van der Waals surface area contributed by atoms with Crippen LogP contribution in [0.4, 0.5) is 4.79 Å². The molecule has 0 heterocycles. The highest BCUT2D eigenvalue weighted by atomic mass is 16.6. The second-order valence-electron chi connectivity index (χ2n) is 4.18. The summed E-state index contributed by atoms with van der Waals surface area (Å²) in [5, 5.41) is 0. The molecule has 3 heteroatoms. The lowest BCUT2D eigenvalue weighted by Crippen LogP contribution is -2.42. The zero-order valence-electron chi connectivity index (χ0n) is 7.89. The summed E-state index contributed by atoms with van der Waals surface area (Å²) in [6.07, 6.45) is -0.718. The second kappa shape index (κ2) is 2.72. The van der Waals surface area contributed by atoms with Crippen molar-refractivity contribution >= 4 is 6.09 Å². The van der Waals surface area contributed by atoms with Gasteiger partial charge in [0.25, 0.3) is 0 Å². The van der Waals surface area contributed by atoms with Crippen LogP contribution in [0.1, 0.15) is 34.6 Å². The Morgan fingerprint density at radius 2 is 1.55 bits per heavy atom. The average molecular weight is 159 g/mol. The number of nitrogens with two attached hydrogens (primary N) is 1. The van der Waals surface area contributed by atoms with Gasteiger partial charge >= 0.3 is 6.09 Å². The molecule has 2 N–H and O–H groups in total. The van der Waals surface area contributed by atoms with Gasteiger partial charge in [0, 0.05) is 5.41 Å². The predicted octanol–water partition coefficient (Wildman–Crippen LogP) is 1.91. The van der Waals surface area contributed by atoms with E-state index in [1.807, 2.05) is 34.6 Å². The molecule has 1 amide bonds. The first kappa shape index (κ1) is 10.3. The molecule has 0 aromatic carbocycles. The molecule has 0 aliphatic carbocycles. The average Bonchev–Trinajstić information content (AvgIpc) is 1.56. The molecular weight excluding hydrogens is 142 g/mol. The highest BCUT2D eigenvalue weighted by molar-refractivity contribution is 5.65. The molecule has 0 spiro atoms. The van der Waals surface area contributed by atoms with Gasteiger partial charge in [-0.2, -0.15) is 0 Å². The number of carbonyl (C=O) groups is 1. The third-order valence-electron chi connectivity index (χ3n) is 2.16. The third-order valence-corrected chi connectivity index (χ3v) is 2.16. The Morgan fingerprint density at radius 3 is 1.64 bits per heavy atom. The van der Waals surface area contributed by atoms with Crippen molar-refractivity contribution in [2.45, 2.75) is 40.2 Å². The van der Waals surface area contributed by atoms with Crippen molar-refractivity contribution in [2.75, 3.05) is 0 Å². The molecule has 66 valence electrons. The van der Waals surface area contributed by atoms with Gasteiger partial charge in [-0.05, 0) is 13.8 Å². The van der Waals surface area contributed by atoms with Gasteiger partial charge in [-0.15, -0.1) is 0 Å². The molecule has 0 bridgehead atoms. The van der Waals surface area contributed by atoms with Crippen LogP contribution in [0.3, 0.4) is 0 Å². The summed E-state index contributed by atoms with van der Waals surface area (Å²) in [6, 6.07) is 0. The molecule has 0 fully saturated rings. The summed E-state index contributed by atoms with van der Waals surface area (Å²) in [7, 11) is 0. The van der Waals surface area contributed by atoms with Gasteiger partial charge in [-0.25, -0.2) is 4.79 Å². The predicted molar refractivity (Wildman–Crippen MR) is 44.2 cm³/mol. The van der Waals surface area contributed by atoms with Crippen LogP contribution in [0, 0.1) is 5.41 Å². The van der Waals surface area contributed by atoms with Gasteiger partial charge in [-0.3, -0.25) is 0 Å². The number of primary amides is 1. The van der Waals surface area contributed by atoms with Gasteiger partial charge in [0.1, 0.15) is 5.60 Å². The van der Waals surface area contributed by atoms with E-state index in [4.69, 9.17) is 10.5 Å². The maximum atomic E-state index is 10.5. The molecule has 0 saturated carbocycles. The summed E-state index contributed by atoms with van der Waals surface area (Å²) in [5.41, 5.74) is 4.30. The summed E-state index contributed by atoms with van der Waals surface area (Å²) >= 11 is 0. The number of rotatable bonds is 1. The smallest absolute Gasteiger partial charge is 0.405 e. The minimum absolute atomic E-state index is 0.0952. The highest BCUT2D eigenvalue weighted by Gasteiger charge is 2.35. The van der Waals surface area contributed by atoms with E-state index in [-0.39, 0.29) is 5.41 Å². The first-order chi connectivity index (χ1) is 4.67. The number of amides is 1. The lowest BCUT2D eigenvalue weighted by atomic mass is 9.79. The van der Waals surface area contributed by atoms with Crippen LogP contribution in [0.5, 0.6) is 0 Å². The third kappa shape index (κ3) is 2.78. The van der Waals surface area contributed by atoms with Crippen LogP contribution in [0.2, 0.25) is 0 Å². The molecule has 0 aliphatic rings. The van der Waals surface area contributed by atoms with Crippen molar-refractivity contribution in [3.63, 3.8) is 0 Å². The van der Waals surface area contributed by atoms with Crippen LogP contribution < -0.4 is 5.73 Å². The van der Waals surface area contributed by atoms with Crippen LogP contribution in [-0.2, 0) is 4.74 Å². The molecule has 0 radical (unpaired) electrons. The fourth-order valence-electron chi connectivity index (χ4n) is 0.405. The van der Waals surface area contributed by atoms with E-state index in [2.05, 4.69) is 0 Å². The number of hydrogen-bond donors (Lipinski definition) is 1. The quantitative estimate of drug-likeness (QED) is 0.635.